The van der Waals surface area contributed by atoms with Gasteiger partial charge in [0.1, 0.15) is 0 Å². The van der Waals surface area contributed by atoms with Gasteiger partial charge in [-0.1, -0.05) is 13.8 Å². The van der Waals surface area contributed by atoms with Crippen molar-refractivity contribution >= 4 is 5.91 Å². The van der Waals surface area contributed by atoms with Gasteiger partial charge in [0.2, 0.25) is 0 Å². The molecule has 2 aromatic rings. The summed E-state index contributed by atoms with van der Waals surface area (Å²) in [4.78, 5) is 18.8. The van der Waals surface area contributed by atoms with Crippen LogP contribution in [-0.2, 0) is 4.74 Å². The summed E-state index contributed by atoms with van der Waals surface area (Å²) in [6.45, 7) is 8.63. The van der Waals surface area contributed by atoms with Crippen LogP contribution in [-0.4, -0.2) is 59.2 Å². The molecule has 2 heterocycles. The van der Waals surface area contributed by atoms with Crippen LogP contribution < -0.4 is 5.32 Å². The van der Waals surface area contributed by atoms with Gasteiger partial charge in [0.05, 0.1) is 19.0 Å². The number of benzene rings is 1. The number of morpholine rings is 1. The number of nitrogens with zero attached hydrogens (tertiary/aromatic N) is 3. The molecule has 1 aliphatic rings. The highest BCUT2D eigenvalue weighted by atomic mass is 16.5. The molecule has 1 amide bonds. The van der Waals surface area contributed by atoms with E-state index in [9.17, 15) is 4.79 Å². The van der Waals surface area contributed by atoms with Crippen molar-refractivity contribution in [2.75, 3.05) is 32.8 Å². The predicted octanol–water partition coefficient (Wildman–Crippen LogP) is 1.96. The average Bonchev–Trinajstić information content (AvgIpc) is 3.14. The van der Waals surface area contributed by atoms with Crippen molar-refractivity contribution in [1.29, 1.82) is 0 Å². The molecule has 0 bridgehead atoms. The number of imidazole rings is 1. The molecular weight excluding hydrogens is 316 g/mol. The van der Waals surface area contributed by atoms with E-state index in [4.69, 9.17) is 4.74 Å². The predicted molar refractivity (Wildman–Crippen MR) is 96.9 cm³/mol. The third-order valence-corrected chi connectivity index (χ3v) is 4.27. The van der Waals surface area contributed by atoms with Crippen LogP contribution in [0.2, 0.25) is 0 Å². The topological polar surface area (TPSA) is 59.4 Å². The lowest BCUT2D eigenvalue weighted by Crippen LogP contribution is -2.48. The molecule has 6 nitrogen and oxygen atoms in total. The Labute approximate surface area is 148 Å². The largest absolute Gasteiger partial charge is 0.374 e. The van der Waals surface area contributed by atoms with Crippen LogP contribution in [0.25, 0.3) is 5.69 Å². The minimum absolute atomic E-state index is 0.0571. The Morgan fingerprint density at radius 2 is 2.16 bits per heavy atom. The summed E-state index contributed by atoms with van der Waals surface area (Å²) < 4.78 is 7.68. The highest BCUT2D eigenvalue weighted by Crippen LogP contribution is 2.10. The summed E-state index contributed by atoms with van der Waals surface area (Å²) in [6.07, 6.45) is 5.39. The Kier molecular flexibility index (Phi) is 5.83. The monoisotopic (exact) mass is 342 g/mol. The summed E-state index contributed by atoms with van der Waals surface area (Å²) in [5, 5.41) is 2.99. The smallest absolute Gasteiger partial charge is 0.251 e. The Morgan fingerprint density at radius 1 is 1.36 bits per heavy atom. The van der Waals surface area contributed by atoms with Crippen molar-refractivity contribution in [2.45, 2.75) is 20.0 Å². The number of nitrogens with one attached hydrogen (secondary N) is 1. The van der Waals surface area contributed by atoms with Crippen molar-refractivity contribution in [2.24, 2.45) is 5.92 Å². The van der Waals surface area contributed by atoms with E-state index in [1.165, 1.54) is 0 Å². The number of rotatable bonds is 6. The normalized spacial score (nSPS) is 18.4. The quantitative estimate of drug-likeness (QED) is 0.872. The summed E-state index contributed by atoms with van der Waals surface area (Å²) in [5.41, 5.74) is 1.63. The van der Waals surface area contributed by atoms with Gasteiger partial charge >= 0.3 is 0 Å². The first-order valence-electron chi connectivity index (χ1n) is 8.82. The van der Waals surface area contributed by atoms with E-state index in [1.807, 2.05) is 35.0 Å². The maximum Gasteiger partial charge on any atom is 0.251 e. The molecule has 0 radical (unpaired) electrons. The zero-order valence-corrected chi connectivity index (χ0v) is 14.9. The van der Waals surface area contributed by atoms with Gasteiger partial charge in [-0.25, -0.2) is 4.98 Å². The highest BCUT2D eigenvalue weighted by molar-refractivity contribution is 5.94. The van der Waals surface area contributed by atoms with E-state index in [0.717, 1.165) is 31.9 Å². The van der Waals surface area contributed by atoms with Gasteiger partial charge in [-0.05, 0) is 30.2 Å². The van der Waals surface area contributed by atoms with Crippen LogP contribution in [0.1, 0.15) is 24.2 Å². The zero-order valence-electron chi connectivity index (χ0n) is 14.9. The number of hydrogen-bond acceptors (Lipinski definition) is 4. The van der Waals surface area contributed by atoms with E-state index in [1.54, 1.807) is 12.5 Å². The second-order valence-corrected chi connectivity index (χ2v) is 6.87. The van der Waals surface area contributed by atoms with Crippen LogP contribution in [0.4, 0.5) is 0 Å². The highest BCUT2D eigenvalue weighted by Gasteiger charge is 2.21. The molecule has 1 aromatic carbocycles. The minimum Gasteiger partial charge on any atom is -0.374 e. The lowest BCUT2D eigenvalue weighted by molar-refractivity contribution is -0.0295. The fraction of sp³-hybridized carbons (Fsp3) is 0.474. The van der Waals surface area contributed by atoms with Crippen LogP contribution in [0.5, 0.6) is 0 Å². The summed E-state index contributed by atoms with van der Waals surface area (Å²) in [5.74, 6) is 0.573. The number of aromatic nitrogens is 2. The van der Waals surface area contributed by atoms with E-state index in [0.29, 0.717) is 18.0 Å². The Balaban J connectivity index is 1.50. The van der Waals surface area contributed by atoms with Crippen molar-refractivity contribution in [3.8, 4) is 5.69 Å². The second-order valence-electron chi connectivity index (χ2n) is 6.87. The van der Waals surface area contributed by atoms with Crippen molar-refractivity contribution in [3.63, 3.8) is 0 Å². The second kappa shape index (κ2) is 8.27. The molecule has 1 saturated heterocycles. The Bertz CT molecular complexity index is 667. The number of carbonyl (C=O) groups excluding carboxylic acids is 1. The lowest BCUT2D eigenvalue weighted by atomic mass is 10.1. The molecule has 25 heavy (non-hydrogen) atoms. The fourth-order valence-electron chi connectivity index (χ4n) is 3.09. The first kappa shape index (κ1) is 17.6. The summed E-state index contributed by atoms with van der Waals surface area (Å²) >= 11 is 0. The Morgan fingerprint density at radius 3 is 2.84 bits per heavy atom. The van der Waals surface area contributed by atoms with E-state index in [-0.39, 0.29) is 12.0 Å². The summed E-state index contributed by atoms with van der Waals surface area (Å²) in [6, 6.07) is 7.49. The molecule has 134 valence electrons. The molecule has 0 spiro atoms. The van der Waals surface area contributed by atoms with Gasteiger partial charge in [0.15, 0.2) is 0 Å². The number of hydrogen-bond donors (Lipinski definition) is 1. The molecule has 0 saturated carbocycles. The minimum atomic E-state index is -0.0678. The van der Waals surface area contributed by atoms with Gasteiger partial charge < -0.3 is 14.6 Å². The molecule has 1 aliphatic heterocycles. The van der Waals surface area contributed by atoms with E-state index in [2.05, 4.69) is 29.0 Å². The van der Waals surface area contributed by atoms with Crippen LogP contribution >= 0.6 is 0 Å². The SMILES string of the molecule is CC(C)CN1CCOC(CNC(=O)c2ccc(-n3ccnc3)cc2)C1. The van der Waals surface area contributed by atoms with Gasteiger partial charge in [-0.3, -0.25) is 9.69 Å². The molecular formula is C19H26N4O2. The average molecular weight is 342 g/mol. The summed E-state index contributed by atoms with van der Waals surface area (Å²) in [7, 11) is 0. The van der Waals surface area contributed by atoms with Crippen molar-refractivity contribution in [1.82, 2.24) is 19.8 Å². The van der Waals surface area contributed by atoms with Crippen LogP contribution in [0.3, 0.4) is 0 Å². The van der Waals surface area contributed by atoms with Crippen molar-refractivity contribution < 1.29 is 9.53 Å². The van der Waals surface area contributed by atoms with Crippen LogP contribution in [0.15, 0.2) is 43.0 Å². The first-order chi connectivity index (χ1) is 12.1. The fourth-order valence-corrected chi connectivity index (χ4v) is 3.09. The molecule has 6 heteroatoms. The molecule has 1 fully saturated rings. The van der Waals surface area contributed by atoms with Gasteiger partial charge in [0.25, 0.3) is 5.91 Å². The molecule has 1 unspecified atom stereocenters. The number of carbonyl (C=O) groups is 1. The first-order valence-corrected chi connectivity index (χ1v) is 8.82. The molecule has 1 atom stereocenters. The molecule has 1 aromatic heterocycles. The van der Waals surface area contributed by atoms with Crippen LogP contribution in [0, 0.1) is 5.92 Å². The number of amides is 1. The zero-order chi connectivity index (χ0) is 17.6. The molecule has 0 aliphatic carbocycles. The third-order valence-electron chi connectivity index (χ3n) is 4.27. The molecule has 3 rings (SSSR count). The standard InChI is InChI=1S/C19H26N4O2/c1-15(2)12-22-9-10-25-18(13-22)11-21-19(24)16-3-5-17(6-4-16)23-8-7-20-14-23/h3-8,14-15,18H,9-13H2,1-2H3,(H,21,24). The third kappa shape index (κ3) is 4.90. The number of ether oxygens (including phenoxy) is 1. The Hall–Kier alpha value is -2.18. The van der Waals surface area contributed by atoms with Crippen molar-refractivity contribution in [3.05, 3.63) is 48.5 Å². The van der Waals surface area contributed by atoms with E-state index >= 15 is 0 Å². The van der Waals surface area contributed by atoms with Gasteiger partial charge in [-0.15, -0.1) is 0 Å². The maximum absolute atomic E-state index is 12.3. The van der Waals surface area contributed by atoms with Gasteiger partial charge in [0, 0.05) is 49.8 Å². The maximum atomic E-state index is 12.3. The molecule has 1 N–H and O–H groups in total. The van der Waals surface area contributed by atoms with Gasteiger partial charge in [-0.2, -0.15) is 0 Å². The lowest BCUT2D eigenvalue weighted by Gasteiger charge is -2.33. The van der Waals surface area contributed by atoms with E-state index < -0.39 is 0 Å².